The van der Waals surface area contributed by atoms with Crippen molar-refractivity contribution < 1.29 is 4.39 Å². The maximum Gasteiger partial charge on any atom is 0.129 e. The van der Waals surface area contributed by atoms with E-state index >= 15 is 0 Å². The summed E-state index contributed by atoms with van der Waals surface area (Å²) >= 11 is 0. The Labute approximate surface area is 122 Å². The van der Waals surface area contributed by atoms with E-state index in [-0.39, 0.29) is 5.82 Å². The number of anilines is 1. The summed E-state index contributed by atoms with van der Waals surface area (Å²) in [4.78, 5) is 4.19. The fourth-order valence-electron chi connectivity index (χ4n) is 2.35. The van der Waals surface area contributed by atoms with Gasteiger partial charge in [-0.3, -0.25) is 9.67 Å². The number of nitrogens with zero attached hydrogens (tertiary/aromatic N) is 3. The zero-order chi connectivity index (χ0) is 15.0. The molecule has 0 saturated heterocycles. The lowest BCUT2D eigenvalue weighted by molar-refractivity contribution is 0.628. The zero-order valence-electron chi connectivity index (χ0n) is 11.8. The number of aryl methyl sites for hydroxylation is 2. The van der Waals surface area contributed by atoms with Crippen LogP contribution in [0.1, 0.15) is 5.56 Å². The van der Waals surface area contributed by atoms with E-state index in [4.69, 9.17) is 5.73 Å². The van der Waals surface area contributed by atoms with Gasteiger partial charge in [0.2, 0.25) is 0 Å². The minimum Gasteiger partial charge on any atom is -0.383 e. The van der Waals surface area contributed by atoms with Gasteiger partial charge in [-0.15, -0.1) is 0 Å². The summed E-state index contributed by atoms with van der Waals surface area (Å²) in [6.07, 6.45) is 3.51. The molecule has 0 aliphatic carbocycles. The maximum absolute atomic E-state index is 13.5. The topological polar surface area (TPSA) is 56.7 Å². The lowest BCUT2D eigenvalue weighted by Gasteiger charge is -2.05. The molecule has 21 heavy (non-hydrogen) atoms. The molecule has 0 bridgehead atoms. The number of pyridine rings is 1. The molecule has 0 radical (unpaired) electrons. The highest BCUT2D eigenvalue weighted by Gasteiger charge is 2.18. The van der Waals surface area contributed by atoms with Crippen LogP contribution >= 0.6 is 0 Å². The molecule has 0 fully saturated rings. The summed E-state index contributed by atoms with van der Waals surface area (Å²) in [7, 11) is 1.77. The quantitative estimate of drug-likeness (QED) is 0.785. The van der Waals surface area contributed by atoms with E-state index in [1.807, 2.05) is 19.1 Å². The molecule has 2 aromatic heterocycles. The molecule has 5 heteroatoms. The summed E-state index contributed by atoms with van der Waals surface area (Å²) in [5.74, 6) is 0.196. The van der Waals surface area contributed by atoms with Gasteiger partial charge in [0.05, 0.1) is 5.56 Å². The minimum atomic E-state index is -0.302. The SMILES string of the molecule is Cc1cncc(-c2nn(C)c(N)c2-c2cccc(F)c2)c1. The van der Waals surface area contributed by atoms with Crippen LogP contribution < -0.4 is 5.73 Å². The summed E-state index contributed by atoms with van der Waals surface area (Å²) in [5.41, 5.74) is 10.1. The van der Waals surface area contributed by atoms with E-state index in [1.54, 1.807) is 30.2 Å². The highest BCUT2D eigenvalue weighted by atomic mass is 19.1. The van der Waals surface area contributed by atoms with Gasteiger partial charge < -0.3 is 5.73 Å². The number of halogens is 1. The number of aromatic nitrogens is 3. The minimum absolute atomic E-state index is 0.302. The van der Waals surface area contributed by atoms with Gasteiger partial charge in [0.25, 0.3) is 0 Å². The smallest absolute Gasteiger partial charge is 0.129 e. The van der Waals surface area contributed by atoms with E-state index < -0.39 is 0 Å². The molecule has 1 aromatic carbocycles. The van der Waals surface area contributed by atoms with Crippen LogP contribution in [-0.4, -0.2) is 14.8 Å². The standard InChI is InChI=1S/C16H15FN4/c1-10-6-12(9-19-8-10)15-14(16(18)21(2)20-15)11-4-3-5-13(17)7-11/h3-9H,18H2,1-2H3. The molecule has 2 N–H and O–H groups in total. The van der Waals surface area contributed by atoms with Gasteiger partial charge in [-0.05, 0) is 36.2 Å². The third-order valence-corrected chi connectivity index (χ3v) is 3.35. The van der Waals surface area contributed by atoms with Crippen molar-refractivity contribution in [2.75, 3.05) is 5.73 Å². The van der Waals surface area contributed by atoms with Crippen LogP contribution in [0.3, 0.4) is 0 Å². The van der Waals surface area contributed by atoms with Crippen molar-refractivity contribution in [3.05, 3.63) is 54.1 Å². The predicted octanol–water partition coefficient (Wildman–Crippen LogP) is 3.18. The third-order valence-electron chi connectivity index (χ3n) is 3.35. The third kappa shape index (κ3) is 2.38. The van der Waals surface area contributed by atoms with Gasteiger partial charge in [0, 0.05) is 25.0 Å². The van der Waals surface area contributed by atoms with E-state index in [2.05, 4.69) is 10.1 Å². The van der Waals surface area contributed by atoms with Crippen LogP contribution in [0.5, 0.6) is 0 Å². The average Bonchev–Trinajstić information content (AvgIpc) is 2.75. The molecule has 0 amide bonds. The van der Waals surface area contributed by atoms with Crippen LogP contribution in [0.25, 0.3) is 22.4 Å². The highest BCUT2D eigenvalue weighted by molar-refractivity contribution is 5.87. The molecule has 3 aromatic rings. The zero-order valence-corrected chi connectivity index (χ0v) is 11.8. The monoisotopic (exact) mass is 282 g/mol. The molecule has 106 valence electrons. The first kappa shape index (κ1) is 13.3. The molecule has 3 rings (SSSR count). The van der Waals surface area contributed by atoms with E-state index in [1.165, 1.54) is 12.1 Å². The van der Waals surface area contributed by atoms with Crippen molar-refractivity contribution in [1.29, 1.82) is 0 Å². The molecular formula is C16H15FN4. The van der Waals surface area contributed by atoms with Gasteiger partial charge in [0.1, 0.15) is 17.3 Å². The van der Waals surface area contributed by atoms with E-state index in [9.17, 15) is 4.39 Å². The number of nitrogen functional groups attached to an aromatic ring is 1. The lowest BCUT2D eigenvalue weighted by atomic mass is 10.0. The lowest BCUT2D eigenvalue weighted by Crippen LogP contribution is -1.98. The number of nitrogens with two attached hydrogens (primary N) is 1. The Morgan fingerprint density at radius 3 is 2.67 bits per heavy atom. The van der Waals surface area contributed by atoms with Crippen LogP contribution in [0.15, 0.2) is 42.7 Å². The molecule has 0 aliphatic rings. The van der Waals surface area contributed by atoms with Gasteiger partial charge in [0.15, 0.2) is 0 Å². The van der Waals surface area contributed by atoms with Crippen molar-refractivity contribution in [3.63, 3.8) is 0 Å². The highest BCUT2D eigenvalue weighted by Crippen LogP contribution is 2.35. The molecular weight excluding hydrogens is 267 g/mol. The summed E-state index contributed by atoms with van der Waals surface area (Å²) < 4.78 is 15.1. The number of hydrogen-bond donors (Lipinski definition) is 1. The first-order valence-electron chi connectivity index (χ1n) is 6.56. The first-order valence-corrected chi connectivity index (χ1v) is 6.56. The van der Waals surface area contributed by atoms with Crippen LogP contribution in [-0.2, 0) is 7.05 Å². The van der Waals surface area contributed by atoms with Crippen molar-refractivity contribution in [1.82, 2.24) is 14.8 Å². The van der Waals surface area contributed by atoms with Crippen LogP contribution in [0.2, 0.25) is 0 Å². The summed E-state index contributed by atoms with van der Waals surface area (Å²) in [6.45, 7) is 1.96. The molecule has 0 spiro atoms. The Kier molecular flexibility index (Phi) is 3.17. The Morgan fingerprint density at radius 2 is 1.95 bits per heavy atom. The summed E-state index contributed by atoms with van der Waals surface area (Å²) in [6, 6.07) is 8.33. The molecule has 0 saturated carbocycles. The molecule has 0 unspecified atom stereocenters. The van der Waals surface area contributed by atoms with Crippen molar-refractivity contribution in [3.8, 4) is 22.4 Å². The predicted molar refractivity (Wildman–Crippen MR) is 81.0 cm³/mol. The fourth-order valence-corrected chi connectivity index (χ4v) is 2.35. The normalized spacial score (nSPS) is 10.8. The summed E-state index contributed by atoms with van der Waals surface area (Å²) in [5, 5.41) is 4.46. The second-order valence-electron chi connectivity index (χ2n) is 4.99. The van der Waals surface area contributed by atoms with Gasteiger partial charge in [-0.25, -0.2) is 4.39 Å². The number of rotatable bonds is 2. The molecule has 0 atom stereocenters. The second kappa shape index (κ2) is 5.01. The maximum atomic E-state index is 13.5. The van der Waals surface area contributed by atoms with E-state index in [0.29, 0.717) is 17.1 Å². The Morgan fingerprint density at radius 1 is 1.14 bits per heavy atom. The van der Waals surface area contributed by atoms with Crippen molar-refractivity contribution in [2.45, 2.75) is 6.92 Å². The van der Waals surface area contributed by atoms with Gasteiger partial charge in [-0.2, -0.15) is 5.10 Å². The Bertz CT molecular complexity index is 808. The molecule has 0 aliphatic heterocycles. The average molecular weight is 282 g/mol. The van der Waals surface area contributed by atoms with E-state index in [0.717, 1.165) is 16.7 Å². The Hall–Kier alpha value is -2.69. The molecule has 2 heterocycles. The van der Waals surface area contributed by atoms with Gasteiger partial charge >= 0.3 is 0 Å². The van der Waals surface area contributed by atoms with Crippen LogP contribution in [0.4, 0.5) is 10.2 Å². The largest absolute Gasteiger partial charge is 0.383 e. The van der Waals surface area contributed by atoms with Gasteiger partial charge in [-0.1, -0.05) is 12.1 Å². The number of hydrogen-bond acceptors (Lipinski definition) is 3. The number of benzene rings is 1. The van der Waals surface area contributed by atoms with Crippen LogP contribution in [0, 0.1) is 12.7 Å². The Balaban J connectivity index is 2.25. The van der Waals surface area contributed by atoms with Crippen molar-refractivity contribution in [2.24, 2.45) is 7.05 Å². The molecule has 4 nitrogen and oxygen atoms in total. The van der Waals surface area contributed by atoms with Crippen molar-refractivity contribution >= 4 is 5.82 Å². The first-order chi connectivity index (χ1) is 10.1. The fraction of sp³-hybridized carbons (Fsp3) is 0.125. The second-order valence-corrected chi connectivity index (χ2v) is 4.99.